The molecule has 0 saturated carbocycles. The average molecular weight is 424 g/mol. The Morgan fingerprint density at radius 1 is 1.10 bits per heavy atom. The minimum atomic E-state index is -0.188. The molecule has 0 bridgehead atoms. The zero-order chi connectivity index (χ0) is 22.1. The highest BCUT2D eigenvalue weighted by Gasteiger charge is 2.13. The van der Waals surface area contributed by atoms with Crippen LogP contribution in [0.25, 0.3) is 11.5 Å². The normalized spacial score (nSPS) is 10.8. The number of carbonyl (C=O) groups is 1. The lowest BCUT2D eigenvalue weighted by Gasteiger charge is -2.19. The predicted octanol–water partition coefficient (Wildman–Crippen LogP) is 4.25. The molecule has 0 aliphatic carbocycles. The van der Waals surface area contributed by atoms with Gasteiger partial charge in [0.25, 0.3) is 0 Å². The monoisotopic (exact) mass is 423 g/mol. The number of nitrogens with zero attached hydrogens (tertiary/aromatic N) is 2. The molecule has 0 aliphatic rings. The number of amides is 1. The number of rotatable bonds is 11. The van der Waals surface area contributed by atoms with Gasteiger partial charge >= 0.3 is 0 Å². The summed E-state index contributed by atoms with van der Waals surface area (Å²) >= 11 is 0. The van der Waals surface area contributed by atoms with Gasteiger partial charge < -0.3 is 24.1 Å². The standard InChI is InChI=1S/C24H29N3O4/c1-4-27(5-2)13-14-30-22-15-19(11-12-21(22)29-3)25-23(28)16-20-17-31-24(26-20)18-9-7-6-8-10-18/h6-12,15,17H,4-5,13-14,16H2,1-3H3,(H,25,28). The van der Waals surface area contributed by atoms with Crippen molar-refractivity contribution in [1.29, 1.82) is 0 Å². The number of nitrogens with one attached hydrogen (secondary N) is 1. The lowest BCUT2D eigenvalue weighted by atomic mass is 10.2. The minimum absolute atomic E-state index is 0.112. The van der Waals surface area contributed by atoms with E-state index in [1.165, 1.54) is 6.26 Å². The summed E-state index contributed by atoms with van der Waals surface area (Å²) in [4.78, 5) is 19.2. The van der Waals surface area contributed by atoms with E-state index < -0.39 is 0 Å². The first kappa shape index (κ1) is 22.4. The van der Waals surface area contributed by atoms with Crippen molar-refractivity contribution in [1.82, 2.24) is 9.88 Å². The van der Waals surface area contributed by atoms with Gasteiger partial charge in [0.1, 0.15) is 12.9 Å². The topological polar surface area (TPSA) is 76.8 Å². The van der Waals surface area contributed by atoms with E-state index in [0.29, 0.717) is 35.4 Å². The van der Waals surface area contributed by atoms with Crippen molar-refractivity contribution in [2.75, 3.05) is 38.7 Å². The van der Waals surface area contributed by atoms with Gasteiger partial charge in [-0.25, -0.2) is 4.98 Å². The van der Waals surface area contributed by atoms with E-state index in [9.17, 15) is 4.79 Å². The van der Waals surface area contributed by atoms with Crippen molar-refractivity contribution in [3.05, 3.63) is 60.5 Å². The van der Waals surface area contributed by atoms with Crippen LogP contribution in [-0.4, -0.2) is 49.1 Å². The van der Waals surface area contributed by atoms with Crippen molar-refractivity contribution in [3.63, 3.8) is 0 Å². The quantitative estimate of drug-likeness (QED) is 0.497. The fourth-order valence-electron chi connectivity index (χ4n) is 3.16. The van der Waals surface area contributed by atoms with Crippen molar-refractivity contribution >= 4 is 11.6 Å². The molecule has 1 N–H and O–H groups in total. The third kappa shape index (κ3) is 6.33. The SMILES string of the molecule is CCN(CC)CCOc1cc(NC(=O)Cc2coc(-c3ccccc3)n2)ccc1OC. The number of hydrogen-bond acceptors (Lipinski definition) is 6. The highest BCUT2D eigenvalue weighted by molar-refractivity contribution is 5.92. The number of aromatic nitrogens is 1. The van der Waals surface area contributed by atoms with E-state index in [4.69, 9.17) is 13.9 Å². The highest BCUT2D eigenvalue weighted by Crippen LogP contribution is 2.30. The van der Waals surface area contributed by atoms with Gasteiger partial charge in [-0.3, -0.25) is 4.79 Å². The molecule has 0 unspecified atom stereocenters. The molecular formula is C24H29N3O4. The summed E-state index contributed by atoms with van der Waals surface area (Å²) in [7, 11) is 1.60. The zero-order valence-electron chi connectivity index (χ0n) is 18.3. The number of anilines is 1. The van der Waals surface area contributed by atoms with E-state index in [0.717, 1.165) is 25.2 Å². The van der Waals surface area contributed by atoms with Crippen LogP contribution in [0, 0.1) is 0 Å². The van der Waals surface area contributed by atoms with Crippen LogP contribution in [0.4, 0.5) is 5.69 Å². The van der Waals surface area contributed by atoms with Gasteiger partial charge in [0.15, 0.2) is 11.5 Å². The van der Waals surface area contributed by atoms with E-state index in [1.54, 1.807) is 25.3 Å². The van der Waals surface area contributed by atoms with Crippen LogP contribution in [0.5, 0.6) is 11.5 Å². The maximum absolute atomic E-state index is 12.5. The number of oxazole rings is 1. The van der Waals surface area contributed by atoms with Crippen LogP contribution < -0.4 is 14.8 Å². The smallest absolute Gasteiger partial charge is 0.230 e. The fourth-order valence-corrected chi connectivity index (χ4v) is 3.16. The Balaban J connectivity index is 1.60. The van der Waals surface area contributed by atoms with Gasteiger partial charge in [-0.1, -0.05) is 32.0 Å². The van der Waals surface area contributed by atoms with Gasteiger partial charge in [0.2, 0.25) is 11.8 Å². The molecule has 2 aromatic carbocycles. The lowest BCUT2D eigenvalue weighted by Crippen LogP contribution is -2.28. The largest absolute Gasteiger partial charge is 0.493 e. The minimum Gasteiger partial charge on any atom is -0.493 e. The number of ether oxygens (including phenoxy) is 2. The molecule has 0 aliphatic heterocycles. The van der Waals surface area contributed by atoms with E-state index in [1.807, 2.05) is 30.3 Å². The Kier molecular flexibility index (Phi) is 8.06. The summed E-state index contributed by atoms with van der Waals surface area (Å²) in [5, 5.41) is 2.89. The Bertz CT molecular complexity index is 968. The second-order valence-corrected chi connectivity index (χ2v) is 6.98. The fraction of sp³-hybridized carbons (Fsp3) is 0.333. The molecule has 0 spiro atoms. The number of methoxy groups -OCH3 is 1. The third-order valence-electron chi connectivity index (χ3n) is 4.92. The average Bonchev–Trinajstić information content (AvgIpc) is 3.26. The molecule has 164 valence electrons. The van der Waals surface area contributed by atoms with E-state index in [2.05, 4.69) is 29.0 Å². The van der Waals surface area contributed by atoms with Crippen molar-refractivity contribution < 1.29 is 18.7 Å². The Labute approximate surface area is 183 Å². The van der Waals surface area contributed by atoms with E-state index >= 15 is 0 Å². The molecule has 0 radical (unpaired) electrons. The zero-order valence-corrected chi connectivity index (χ0v) is 18.3. The molecule has 0 saturated heterocycles. The summed E-state index contributed by atoms with van der Waals surface area (Å²) in [6.45, 7) is 7.55. The summed E-state index contributed by atoms with van der Waals surface area (Å²) in [6.07, 6.45) is 1.62. The van der Waals surface area contributed by atoms with Gasteiger partial charge in [-0.05, 0) is 37.4 Å². The summed E-state index contributed by atoms with van der Waals surface area (Å²) in [5.74, 6) is 1.53. The lowest BCUT2D eigenvalue weighted by molar-refractivity contribution is -0.115. The van der Waals surface area contributed by atoms with Gasteiger partial charge in [0.05, 0.1) is 19.2 Å². The molecule has 0 fully saturated rings. The molecule has 0 atom stereocenters. The predicted molar refractivity (Wildman–Crippen MR) is 121 cm³/mol. The maximum atomic E-state index is 12.5. The Morgan fingerprint density at radius 3 is 2.58 bits per heavy atom. The summed E-state index contributed by atoms with van der Waals surface area (Å²) in [6, 6.07) is 14.9. The van der Waals surface area contributed by atoms with Crippen molar-refractivity contribution in [3.8, 4) is 23.0 Å². The molecular weight excluding hydrogens is 394 g/mol. The molecule has 1 heterocycles. The van der Waals surface area contributed by atoms with Gasteiger partial charge in [-0.2, -0.15) is 0 Å². The molecule has 1 amide bonds. The molecule has 7 heteroatoms. The van der Waals surface area contributed by atoms with Gasteiger partial charge in [-0.15, -0.1) is 0 Å². The van der Waals surface area contributed by atoms with Crippen molar-refractivity contribution in [2.45, 2.75) is 20.3 Å². The molecule has 3 aromatic rings. The number of likely N-dealkylation sites (N-methyl/N-ethyl adjacent to an activating group) is 1. The Morgan fingerprint density at radius 2 is 1.87 bits per heavy atom. The first-order chi connectivity index (χ1) is 15.1. The number of benzene rings is 2. The molecule has 7 nitrogen and oxygen atoms in total. The van der Waals surface area contributed by atoms with Crippen LogP contribution >= 0.6 is 0 Å². The Hall–Kier alpha value is -3.32. The third-order valence-corrected chi connectivity index (χ3v) is 4.92. The first-order valence-electron chi connectivity index (χ1n) is 10.5. The molecule has 31 heavy (non-hydrogen) atoms. The van der Waals surface area contributed by atoms with Crippen LogP contribution in [0.2, 0.25) is 0 Å². The molecule has 3 rings (SSSR count). The maximum Gasteiger partial charge on any atom is 0.230 e. The second-order valence-electron chi connectivity index (χ2n) is 6.98. The van der Waals surface area contributed by atoms with Crippen LogP contribution in [0.1, 0.15) is 19.5 Å². The first-order valence-corrected chi connectivity index (χ1v) is 10.5. The summed E-state index contributed by atoms with van der Waals surface area (Å²) < 4.78 is 16.8. The number of hydrogen-bond donors (Lipinski definition) is 1. The van der Waals surface area contributed by atoms with E-state index in [-0.39, 0.29) is 12.3 Å². The second kappa shape index (κ2) is 11.2. The number of carbonyl (C=O) groups excluding carboxylic acids is 1. The summed E-state index contributed by atoms with van der Waals surface area (Å²) in [5.41, 5.74) is 2.08. The molecule has 1 aromatic heterocycles. The van der Waals surface area contributed by atoms with Crippen molar-refractivity contribution in [2.24, 2.45) is 0 Å². The highest BCUT2D eigenvalue weighted by atomic mass is 16.5. The van der Waals surface area contributed by atoms with Crippen LogP contribution in [-0.2, 0) is 11.2 Å². The van der Waals surface area contributed by atoms with Crippen LogP contribution in [0.15, 0.2) is 59.2 Å². The van der Waals surface area contributed by atoms with Crippen LogP contribution in [0.3, 0.4) is 0 Å². The van der Waals surface area contributed by atoms with Gasteiger partial charge in [0, 0.05) is 23.9 Å².